The van der Waals surface area contributed by atoms with E-state index in [1.165, 1.54) is 11.3 Å². The summed E-state index contributed by atoms with van der Waals surface area (Å²) in [5.41, 5.74) is 0.805. The van der Waals surface area contributed by atoms with Gasteiger partial charge in [0.2, 0.25) is 10.0 Å². The molecule has 0 spiro atoms. The third kappa shape index (κ3) is 4.49. The van der Waals surface area contributed by atoms with Gasteiger partial charge >= 0.3 is 0 Å². The van der Waals surface area contributed by atoms with Gasteiger partial charge in [-0.3, -0.25) is 4.90 Å². The lowest BCUT2D eigenvalue weighted by Gasteiger charge is -2.34. The number of fused-ring (bicyclic) bond motifs is 2. The van der Waals surface area contributed by atoms with Crippen LogP contribution < -0.4 is 9.62 Å². The first-order valence-electron chi connectivity index (χ1n) is 10.5. The first kappa shape index (κ1) is 21.7. The number of nitrogens with zero attached hydrogens (tertiary/aromatic N) is 3. The third-order valence-electron chi connectivity index (χ3n) is 5.70. The topological polar surface area (TPSA) is 78.7 Å². The Morgan fingerprint density at radius 1 is 1.09 bits per heavy atom. The monoisotopic (exact) mass is 490 g/mol. The summed E-state index contributed by atoms with van der Waals surface area (Å²) < 4.78 is 34.7. The SMILES string of the molecule is O=S(=O)(NCCCN1CCN(c2noc3ccccc23)CC1)c1cc2ccc(Cl)cc2s1. The lowest BCUT2D eigenvalue weighted by atomic mass is 10.2. The zero-order chi connectivity index (χ0) is 22.1. The number of sulfonamides is 1. The molecule has 2 aromatic carbocycles. The Kier molecular flexibility index (Phi) is 6.09. The molecular weight excluding hydrogens is 468 g/mol. The predicted molar refractivity (Wildman–Crippen MR) is 129 cm³/mol. The first-order valence-corrected chi connectivity index (χ1v) is 13.2. The molecule has 4 aromatic rings. The number of aromatic nitrogens is 1. The van der Waals surface area contributed by atoms with Crippen molar-refractivity contribution in [2.24, 2.45) is 0 Å². The van der Waals surface area contributed by atoms with Gasteiger partial charge in [0, 0.05) is 42.4 Å². The normalized spacial score (nSPS) is 15.7. The third-order valence-corrected chi connectivity index (χ3v) is 8.97. The summed E-state index contributed by atoms with van der Waals surface area (Å²) in [7, 11) is -3.52. The Bertz CT molecular complexity index is 1340. The quantitative estimate of drug-likeness (QED) is 0.391. The average molecular weight is 491 g/mol. The van der Waals surface area contributed by atoms with E-state index >= 15 is 0 Å². The van der Waals surface area contributed by atoms with Crippen LogP contribution in [0.2, 0.25) is 5.02 Å². The van der Waals surface area contributed by atoms with Gasteiger partial charge in [-0.2, -0.15) is 0 Å². The van der Waals surface area contributed by atoms with Crippen LogP contribution in [0.4, 0.5) is 5.82 Å². The number of hydrogen-bond acceptors (Lipinski definition) is 7. The van der Waals surface area contributed by atoms with Gasteiger partial charge in [-0.25, -0.2) is 13.1 Å². The number of rotatable bonds is 7. The number of hydrogen-bond donors (Lipinski definition) is 1. The number of halogens is 1. The Morgan fingerprint density at radius 3 is 2.75 bits per heavy atom. The molecule has 3 heterocycles. The van der Waals surface area contributed by atoms with Gasteiger partial charge in [-0.15, -0.1) is 11.3 Å². The van der Waals surface area contributed by atoms with Gasteiger partial charge in [0.25, 0.3) is 0 Å². The minimum atomic E-state index is -3.52. The van der Waals surface area contributed by atoms with Crippen molar-refractivity contribution in [3.8, 4) is 0 Å². The molecule has 0 radical (unpaired) electrons. The molecule has 0 saturated carbocycles. The standard InChI is InChI=1S/C22H23ClN4O3S2/c23-17-7-6-16-14-21(31-20(16)15-17)32(28,29)24-8-3-9-26-10-12-27(13-11-26)22-18-4-1-2-5-19(18)30-25-22/h1-2,4-7,14-15,24H,3,8-13H2. The van der Waals surface area contributed by atoms with Gasteiger partial charge in [0.15, 0.2) is 11.4 Å². The highest BCUT2D eigenvalue weighted by atomic mass is 35.5. The molecule has 0 amide bonds. The second-order valence-corrected chi connectivity index (χ2v) is 11.3. The largest absolute Gasteiger partial charge is 0.354 e. The fraction of sp³-hybridized carbons (Fsp3) is 0.318. The highest BCUT2D eigenvalue weighted by Gasteiger charge is 2.22. The molecule has 2 aromatic heterocycles. The molecule has 0 aliphatic carbocycles. The Hall–Kier alpha value is -2.17. The number of para-hydroxylation sites is 1. The Morgan fingerprint density at radius 2 is 1.91 bits per heavy atom. The van der Waals surface area contributed by atoms with Gasteiger partial charge in [0.05, 0.1) is 5.39 Å². The lowest BCUT2D eigenvalue weighted by Crippen LogP contribution is -2.47. The van der Waals surface area contributed by atoms with Gasteiger partial charge < -0.3 is 9.42 Å². The van der Waals surface area contributed by atoms with Gasteiger partial charge in [0.1, 0.15) is 4.21 Å². The zero-order valence-corrected chi connectivity index (χ0v) is 19.7. The van der Waals surface area contributed by atoms with E-state index in [1.54, 1.807) is 18.2 Å². The van der Waals surface area contributed by atoms with Crippen molar-refractivity contribution >= 4 is 59.8 Å². The van der Waals surface area contributed by atoms with E-state index in [4.69, 9.17) is 16.1 Å². The summed E-state index contributed by atoms with van der Waals surface area (Å²) in [6.07, 6.45) is 0.753. The van der Waals surface area contributed by atoms with Crippen molar-refractivity contribution in [2.75, 3.05) is 44.2 Å². The second kappa shape index (κ2) is 8.99. The molecule has 0 atom stereocenters. The van der Waals surface area contributed by atoms with Crippen molar-refractivity contribution < 1.29 is 12.9 Å². The van der Waals surface area contributed by atoms with E-state index in [0.29, 0.717) is 15.8 Å². The highest BCUT2D eigenvalue weighted by Crippen LogP contribution is 2.31. The molecule has 5 rings (SSSR count). The lowest BCUT2D eigenvalue weighted by molar-refractivity contribution is 0.254. The Labute approximate surface area is 195 Å². The van der Waals surface area contributed by atoms with Crippen LogP contribution in [0.5, 0.6) is 0 Å². The van der Waals surface area contributed by atoms with Crippen molar-refractivity contribution in [3.63, 3.8) is 0 Å². The molecule has 0 unspecified atom stereocenters. The molecule has 7 nitrogen and oxygen atoms in total. The highest BCUT2D eigenvalue weighted by molar-refractivity contribution is 7.91. The van der Waals surface area contributed by atoms with Crippen LogP contribution in [-0.4, -0.2) is 57.7 Å². The van der Waals surface area contributed by atoms with Crippen molar-refractivity contribution in [2.45, 2.75) is 10.6 Å². The number of thiophene rings is 1. The minimum absolute atomic E-state index is 0.322. The van der Waals surface area contributed by atoms with Crippen LogP contribution in [0.15, 0.2) is 57.3 Å². The van der Waals surface area contributed by atoms with E-state index in [0.717, 1.165) is 66.0 Å². The molecule has 1 aliphatic heterocycles. The number of anilines is 1. The summed E-state index contributed by atoms with van der Waals surface area (Å²) in [5, 5.41) is 6.78. The van der Waals surface area contributed by atoms with Gasteiger partial charge in [-0.1, -0.05) is 35.0 Å². The van der Waals surface area contributed by atoms with Crippen molar-refractivity contribution in [3.05, 3.63) is 53.6 Å². The predicted octanol–water partition coefficient (Wildman–Crippen LogP) is 4.19. The summed E-state index contributed by atoms with van der Waals surface area (Å²) in [5.74, 6) is 0.901. The van der Waals surface area contributed by atoms with Crippen molar-refractivity contribution in [1.29, 1.82) is 0 Å². The number of benzene rings is 2. The maximum Gasteiger partial charge on any atom is 0.250 e. The van der Waals surface area contributed by atoms with Crippen LogP contribution >= 0.6 is 22.9 Å². The summed E-state index contributed by atoms with van der Waals surface area (Å²) in [4.78, 5) is 4.60. The molecule has 168 valence electrons. The van der Waals surface area contributed by atoms with E-state index in [9.17, 15) is 8.42 Å². The molecule has 1 saturated heterocycles. The fourth-order valence-electron chi connectivity index (χ4n) is 3.98. The van der Waals surface area contributed by atoms with E-state index in [-0.39, 0.29) is 0 Å². The second-order valence-electron chi connectivity index (χ2n) is 7.83. The molecule has 32 heavy (non-hydrogen) atoms. The maximum atomic E-state index is 12.6. The first-order chi connectivity index (χ1) is 15.5. The minimum Gasteiger partial charge on any atom is -0.354 e. The number of piperazine rings is 1. The van der Waals surface area contributed by atoms with Crippen LogP contribution in [0, 0.1) is 0 Å². The summed E-state index contributed by atoms with van der Waals surface area (Å²) in [6.45, 7) is 4.80. The van der Waals surface area contributed by atoms with Crippen LogP contribution in [-0.2, 0) is 10.0 Å². The molecule has 1 fully saturated rings. The maximum absolute atomic E-state index is 12.6. The van der Waals surface area contributed by atoms with E-state index in [2.05, 4.69) is 19.7 Å². The van der Waals surface area contributed by atoms with Crippen LogP contribution in [0.1, 0.15) is 6.42 Å². The summed E-state index contributed by atoms with van der Waals surface area (Å²) >= 11 is 7.25. The molecule has 10 heteroatoms. The van der Waals surface area contributed by atoms with E-state index < -0.39 is 10.0 Å². The van der Waals surface area contributed by atoms with Crippen LogP contribution in [0.25, 0.3) is 21.1 Å². The zero-order valence-electron chi connectivity index (χ0n) is 17.3. The molecular formula is C22H23ClN4O3S2. The molecule has 1 aliphatic rings. The molecule has 0 bridgehead atoms. The smallest absolute Gasteiger partial charge is 0.250 e. The number of nitrogens with one attached hydrogen (secondary N) is 1. The average Bonchev–Trinajstić information content (AvgIpc) is 3.42. The Balaban J connectivity index is 1.10. The summed E-state index contributed by atoms with van der Waals surface area (Å²) in [6, 6.07) is 15.0. The fourth-order valence-corrected chi connectivity index (χ4v) is 6.77. The van der Waals surface area contributed by atoms with Gasteiger partial charge in [-0.05, 0) is 48.7 Å². The molecule has 1 N–H and O–H groups in total. The van der Waals surface area contributed by atoms with E-state index in [1.807, 2.05) is 30.3 Å². The van der Waals surface area contributed by atoms with Crippen LogP contribution in [0.3, 0.4) is 0 Å². The van der Waals surface area contributed by atoms with Crippen molar-refractivity contribution in [1.82, 2.24) is 14.8 Å².